The van der Waals surface area contributed by atoms with Crippen LogP contribution in [0.5, 0.6) is 0 Å². The number of hydrogen-bond acceptors (Lipinski definition) is 3. The third-order valence-corrected chi connectivity index (χ3v) is 4.17. The number of rotatable bonds is 1. The van der Waals surface area contributed by atoms with Gasteiger partial charge in [0.05, 0.1) is 15.6 Å². The molecule has 0 unspecified atom stereocenters. The topological polar surface area (TPSA) is 69.9 Å². The van der Waals surface area contributed by atoms with Crippen molar-refractivity contribution in [3.8, 4) is 0 Å². The van der Waals surface area contributed by atoms with Crippen molar-refractivity contribution in [2.45, 2.75) is 0 Å². The second-order valence-corrected chi connectivity index (χ2v) is 5.83. The number of benzene rings is 1. The molecule has 6 heteroatoms. The van der Waals surface area contributed by atoms with Crippen LogP contribution in [0.2, 0.25) is 4.34 Å². The molecule has 0 fully saturated rings. The highest BCUT2D eigenvalue weighted by atomic mass is 35.5. The minimum Gasteiger partial charge on any atom is -0.493 e. The molecule has 0 spiro atoms. The maximum absolute atomic E-state index is 11.1. The fourth-order valence-corrected chi connectivity index (χ4v) is 3.34. The Morgan fingerprint density at radius 2 is 2.05 bits per heavy atom. The molecule has 0 amide bonds. The maximum Gasteiger partial charge on any atom is 0.328 e. The minimum absolute atomic E-state index is 0.163. The molecule has 20 heavy (non-hydrogen) atoms. The summed E-state index contributed by atoms with van der Waals surface area (Å²) in [4.78, 5) is 15.8. The van der Waals surface area contributed by atoms with E-state index in [2.05, 4.69) is 4.99 Å². The largest absolute Gasteiger partial charge is 0.493 e. The van der Waals surface area contributed by atoms with Gasteiger partial charge in [-0.15, -0.1) is 11.3 Å². The predicted octanol–water partition coefficient (Wildman–Crippen LogP) is 3.87. The van der Waals surface area contributed by atoms with Gasteiger partial charge in [-0.3, -0.25) is 0 Å². The molecule has 2 heterocycles. The van der Waals surface area contributed by atoms with Crippen molar-refractivity contribution < 1.29 is 15.0 Å². The van der Waals surface area contributed by atoms with Crippen molar-refractivity contribution in [1.29, 1.82) is 0 Å². The lowest BCUT2D eigenvalue weighted by Crippen LogP contribution is -1.98. The van der Waals surface area contributed by atoms with E-state index in [1.165, 1.54) is 11.3 Å². The van der Waals surface area contributed by atoms with Crippen LogP contribution in [-0.4, -0.2) is 22.1 Å². The molecule has 1 aromatic heterocycles. The summed E-state index contributed by atoms with van der Waals surface area (Å²) in [6, 6.07) is 8.65. The summed E-state index contributed by atoms with van der Waals surface area (Å²) >= 11 is 7.19. The number of aliphatic hydroxyl groups excluding tert-OH is 1. The molecule has 0 bridgehead atoms. The highest BCUT2D eigenvalue weighted by Crippen LogP contribution is 2.41. The van der Waals surface area contributed by atoms with Gasteiger partial charge in [0, 0.05) is 22.1 Å². The van der Waals surface area contributed by atoms with Crippen molar-refractivity contribution in [1.82, 2.24) is 0 Å². The first-order valence-electron chi connectivity index (χ1n) is 5.68. The van der Waals surface area contributed by atoms with E-state index in [4.69, 9.17) is 16.7 Å². The summed E-state index contributed by atoms with van der Waals surface area (Å²) in [5.74, 6) is -1.23. The van der Waals surface area contributed by atoms with E-state index in [0.717, 1.165) is 6.08 Å². The van der Waals surface area contributed by atoms with Gasteiger partial charge in [-0.05, 0) is 12.1 Å². The number of carbonyl (C=O) groups is 1. The minimum atomic E-state index is -1.06. The summed E-state index contributed by atoms with van der Waals surface area (Å²) < 4.78 is 0.465. The van der Waals surface area contributed by atoms with Crippen LogP contribution in [0.15, 0.2) is 41.4 Å². The molecule has 1 aliphatic rings. The zero-order valence-corrected chi connectivity index (χ0v) is 11.6. The molecule has 0 aliphatic carbocycles. The molecule has 2 aromatic rings. The predicted molar refractivity (Wildman–Crippen MR) is 79.3 cm³/mol. The molecular formula is C14H8ClNO3S. The molecule has 0 saturated heterocycles. The fourth-order valence-electron chi connectivity index (χ4n) is 2.09. The molecule has 4 nitrogen and oxygen atoms in total. The molecular weight excluding hydrogens is 298 g/mol. The highest BCUT2D eigenvalue weighted by Gasteiger charge is 2.23. The van der Waals surface area contributed by atoms with Gasteiger partial charge in [-0.25, -0.2) is 9.79 Å². The van der Waals surface area contributed by atoms with E-state index in [1.807, 2.05) is 0 Å². The first kappa shape index (κ1) is 12.9. The van der Waals surface area contributed by atoms with Gasteiger partial charge in [-0.1, -0.05) is 29.8 Å². The first-order valence-corrected chi connectivity index (χ1v) is 6.87. The maximum atomic E-state index is 11.1. The highest BCUT2D eigenvalue weighted by molar-refractivity contribution is 7.17. The molecule has 100 valence electrons. The molecule has 2 N–H and O–H groups in total. The van der Waals surface area contributed by atoms with E-state index in [-0.39, 0.29) is 5.90 Å². The molecule has 0 radical (unpaired) electrons. The van der Waals surface area contributed by atoms with Crippen molar-refractivity contribution in [2.75, 3.05) is 0 Å². The second-order valence-electron chi connectivity index (χ2n) is 4.14. The quantitative estimate of drug-likeness (QED) is 0.786. The van der Waals surface area contributed by atoms with Crippen LogP contribution >= 0.6 is 22.9 Å². The van der Waals surface area contributed by atoms with Gasteiger partial charge < -0.3 is 10.2 Å². The van der Waals surface area contributed by atoms with Crippen LogP contribution in [0.3, 0.4) is 0 Å². The van der Waals surface area contributed by atoms with Crippen molar-refractivity contribution in [3.63, 3.8) is 0 Å². The Kier molecular flexibility index (Phi) is 3.08. The number of aliphatic imine (C=N–C) groups is 1. The molecule has 0 saturated carbocycles. The Hall–Kier alpha value is -2.11. The number of nitrogens with zero attached hydrogens (tertiary/aromatic N) is 1. The van der Waals surface area contributed by atoms with Gasteiger partial charge in [-0.2, -0.15) is 0 Å². The molecule has 1 aromatic carbocycles. The van der Waals surface area contributed by atoms with Crippen LogP contribution in [0, 0.1) is 0 Å². The number of aliphatic hydroxyl groups is 1. The van der Waals surface area contributed by atoms with Crippen LogP contribution in [0.25, 0.3) is 5.57 Å². The summed E-state index contributed by atoms with van der Waals surface area (Å²) in [6.45, 7) is 0. The summed E-state index contributed by atoms with van der Waals surface area (Å²) in [7, 11) is 0. The lowest BCUT2D eigenvalue weighted by molar-refractivity contribution is -0.131. The lowest BCUT2D eigenvalue weighted by atomic mass is 10.0. The van der Waals surface area contributed by atoms with E-state index < -0.39 is 5.97 Å². The number of halogens is 1. The fraction of sp³-hybridized carbons (Fsp3) is 0. The number of carboxylic acid groups (broad SMARTS) is 1. The standard InChI is InChI=1S/C14H8ClNO3S/c15-11-5-9-13(20-11)8(6-12(17)18)7-3-1-2-4-10(7)16-14(9)19/h1-6H,(H,16,19)(H,17,18). The third kappa shape index (κ3) is 2.11. The average molecular weight is 306 g/mol. The average Bonchev–Trinajstić information content (AvgIpc) is 2.74. The molecule has 1 aliphatic heterocycles. The van der Waals surface area contributed by atoms with Gasteiger partial charge >= 0.3 is 5.97 Å². The van der Waals surface area contributed by atoms with E-state index in [1.54, 1.807) is 30.3 Å². The molecule has 0 atom stereocenters. The van der Waals surface area contributed by atoms with Crippen LogP contribution in [0.4, 0.5) is 5.69 Å². The van der Waals surface area contributed by atoms with Crippen LogP contribution in [0.1, 0.15) is 16.0 Å². The lowest BCUT2D eigenvalue weighted by Gasteiger charge is -2.06. The van der Waals surface area contributed by atoms with Crippen LogP contribution in [-0.2, 0) is 4.79 Å². The van der Waals surface area contributed by atoms with Crippen LogP contribution < -0.4 is 0 Å². The number of para-hydroxylation sites is 1. The Labute approximate surface area is 123 Å². The number of thiophene rings is 1. The Morgan fingerprint density at radius 1 is 1.30 bits per heavy atom. The SMILES string of the molecule is O=C(O)C=C1c2ccccc2N=C(O)c2cc(Cl)sc21. The Morgan fingerprint density at radius 3 is 2.80 bits per heavy atom. The van der Waals surface area contributed by atoms with Gasteiger partial charge in [0.2, 0.25) is 5.90 Å². The smallest absolute Gasteiger partial charge is 0.328 e. The summed E-state index contributed by atoms with van der Waals surface area (Å²) in [5, 5.41) is 19.2. The van der Waals surface area contributed by atoms with Gasteiger partial charge in [0.25, 0.3) is 0 Å². The number of hydrogen-bond donors (Lipinski definition) is 2. The Balaban J connectivity index is 2.37. The number of carboxylic acids is 1. The van der Waals surface area contributed by atoms with E-state index >= 15 is 0 Å². The van der Waals surface area contributed by atoms with Crippen molar-refractivity contribution >= 4 is 46.1 Å². The zero-order chi connectivity index (χ0) is 14.3. The van der Waals surface area contributed by atoms with Gasteiger partial charge in [0.1, 0.15) is 0 Å². The van der Waals surface area contributed by atoms with E-state index in [0.29, 0.717) is 31.6 Å². The monoisotopic (exact) mass is 305 g/mol. The zero-order valence-electron chi connectivity index (χ0n) is 10.0. The molecule has 3 rings (SSSR count). The normalized spacial score (nSPS) is 15.2. The van der Waals surface area contributed by atoms with Gasteiger partial charge in [0.15, 0.2) is 0 Å². The summed E-state index contributed by atoms with van der Waals surface area (Å²) in [6.07, 6.45) is 1.11. The second kappa shape index (κ2) is 4.77. The first-order chi connectivity index (χ1) is 9.56. The van der Waals surface area contributed by atoms with Crippen molar-refractivity contribution in [3.05, 3.63) is 56.7 Å². The Bertz CT molecular complexity index is 776. The summed E-state index contributed by atoms with van der Waals surface area (Å²) in [5.41, 5.74) is 2.12. The third-order valence-electron chi connectivity index (χ3n) is 2.88. The van der Waals surface area contributed by atoms with E-state index in [9.17, 15) is 9.90 Å². The van der Waals surface area contributed by atoms with Crippen molar-refractivity contribution in [2.24, 2.45) is 4.99 Å². The number of aliphatic carboxylic acids is 1. The number of fused-ring (bicyclic) bond motifs is 2.